The number of likely N-dealkylation sites (tertiary alicyclic amines) is 2. The van der Waals surface area contributed by atoms with E-state index in [1.807, 2.05) is 65.7 Å². The van der Waals surface area contributed by atoms with Gasteiger partial charge >= 0.3 is 0 Å². The predicted octanol–water partition coefficient (Wildman–Crippen LogP) is 4.09. The van der Waals surface area contributed by atoms with Gasteiger partial charge in [-0.3, -0.25) is 33.7 Å². The Kier molecular flexibility index (Phi) is 18.8. The number of hydrogen-bond donors (Lipinski definition) is 0. The van der Waals surface area contributed by atoms with Crippen molar-refractivity contribution in [2.24, 2.45) is 35.5 Å². The number of ketones is 2. The summed E-state index contributed by atoms with van der Waals surface area (Å²) in [5.41, 5.74) is 0. The second-order valence-corrected chi connectivity index (χ2v) is 16.3. The maximum atomic E-state index is 14.4. The van der Waals surface area contributed by atoms with Crippen molar-refractivity contribution in [1.29, 1.82) is 0 Å². The molecule has 0 N–H and O–H groups in total. The summed E-state index contributed by atoms with van der Waals surface area (Å²) in [7, 11) is 8.64. The summed E-state index contributed by atoms with van der Waals surface area (Å²) >= 11 is 0. The van der Waals surface area contributed by atoms with Crippen LogP contribution < -0.4 is 0 Å². The Morgan fingerprint density at radius 2 is 1.57 bits per heavy atom. The van der Waals surface area contributed by atoms with Crippen molar-refractivity contribution >= 4 is 42.5 Å². The van der Waals surface area contributed by atoms with E-state index >= 15 is 0 Å². The number of carbonyl (C=O) groups excluding carboxylic acids is 6. The van der Waals surface area contributed by atoms with E-state index in [2.05, 4.69) is 13.8 Å². The zero-order valence-electron chi connectivity index (χ0n) is 35.1. The fourth-order valence-corrected chi connectivity index (χ4v) is 8.54. The normalized spacial score (nSPS) is 21.9. The Morgan fingerprint density at radius 3 is 2.06 bits per heavy atom. The summed E-state index contributed by atoms with van der Waals surface area (Å²) in [6, 6.07) is -1.11. The molecule has 0 aromatic rings. The lowest BCUT2D eigenvalue weighted by Gasteiger charge is -2.41. The van der Waals surface area contributed by atoms with Crippen molar-refractivity contribution in [3.8, 4) is 0 Å². The van der Waals surface area contributed by atoms with Crippen LogP contribution in [0.15, 0.2) is 0 Å². The highest BCUT2D eigenvalue weighted by Crippen LogP contribution is 2.31. The smallest absolute Gasteiger partial charge is 0.231 e. The number of methoxy groups -OCH3 is 2. The van der Waals surface area contributed by atoms with Crippen molar-refractivity contribution in [2.45, 2.75) is 138 Å². The molecule has 301 valence electrons. The molecule has 4 amide bonds. The van der Waals surface area contributed by atoms with Gasteiger partial charge in [-0.25, -0.2) is 0 Å². The first-order valence-corrected chi connectivity index (χ1v) is 19.9. The minimum Gasteiger partial charge on any atom is -0.379 e. The molecule has 2 heterocycles. The molecular weight excluding hydrogens is 675 g/mol. The first-order chi connectivity index (χ1) is 24.9. The van der Waals surface area contributed by atoms with Gasteiger partial charge in [0.1, 0.15) is 5.78 Å². The third-order valence-electron chi connectivity index (χ3n) is 11.9. The molecule has 0 aliphatic carbocycles. The summed E-state index contributed by atoms with van der Waals surface area (Å²) in [6.45, 7) is 18.0. The van der Waals surface area contributed by atoms with Crippen molar-refractivity contribution in [2.75, 3.05) is 47.7 Å². The molecule has 2 rings (SSSR count). The molecule has 13 heteroatoms. The number of hydrogen-bond acceptors (Lipinski definition) is 9. The highest BCUT2D eigenvalue weighted by molar-refractivity contribution is 6.37. The van der Waals surface area contributed by atoms with Crippen LogP contribution in [0.25, 0.3) is 0 Å². The number of ether oxygens (including phenoxy) is 2. The molecule has 0 aromatic heterocycles. The molecule has 0 aromatic carbocycles. The molecule has 0 spiro atoms. The van der Waals surface area contributed by atoms with Crippen LogP contribution in [-0.2, 0) is 38.2 Å². The maximum Gasteiger partial charge on any atom is 0.231 e. The van der Waals surface area contributed by atoms with E-state index in [0.717, 1.165) is 19.3 Å². The van der Waals surface area contributed by atoms with Crippen LogP contribution >= 0.6 is 0 Å². The number of likely N-dealkylation sites (N-methyl/N-ethyl adjacent to an activating group) is 2. The van der Waals surface area contributed by atoms with E-state index < -0.39 is 30.2 Å². The van der Waals surface area contributed by atoms with E-state index in [4.69, 9.17) is 9.47 Å². The second-order valence-electron chi connectivity index (χ2n) is 16.3. The monoisotopic (exact) mass is 746 g/mol. The van der Waals surface area contributed by atoms with Crippen molar-refractivity contribution in [1.82, 2.24) is 19.6 Å². The van der Waals surface area contributed by atoms with Crippen LogP contribution in [0.4, 0.5) is 0 Å². The molecule has 1 radical (unpaired) electrons. The number of nitrogens with zero attached hydrogens (tertiary/aromatic N) is 4. The van der Waals surface area contributed by atoms with Gasteiger partial charge in [0.2, 0.25) is 23.6 Å². The van der Waals surface area contributed by atoms with E-state index in [1.165, 1.54) is 4.90 Å². The van der Waals surface area contributed by atoms with Gasteiger partial charge in [-0.15, -0.1) is 0 Å². The zero-order chi connectivity index (χ0) is 40.3. The van der Waals surface area contributed by atoms with Crippen molar-refractivity contribution in [3.05, 3.63) is 0 Å². The molecular formula is C40H70BN4O8. The Balaban J connectivity index is 2.23. The Labute approximate surface area is 320 Å². The minimum atomic E-state index is -0.589. The summed E-state index contributed by atoms with van der Waals surface area (Å²) < 4.78 is 11.9. The van der Waals surface area contributed by atoms with Crippen LogP contribution in [0, 0.1) is 35.5 Å². The number of amides is 4. The topological polar surface area (TPSA) is 134 Å². The molecule has 12 nitrogen and oxygen atoms in total. The van der Waals surface area contributed by atoms with Crippen LogP contribution in [0.3, 0.4) is 0 Å². The van der Waals surface area contributed by atoms with Crippen LogP contribution in [-0.4, -0.2) is 140 Å². The molecule has 1 unspecified atom stereocenters. The standard InChI is InChI=1S/C40H70BN4O8/c1-14-26(7)37(33(52-12)21-35(49)44-18-16-17-30(44)38(53-13)28(9)31(46)15-2)43(11)40(51)29(24(3)4)20-32(47)36(25(5)6)42(10)22-41-23-45-34(48)19-27(8)39(45)50/h24-30,33,36-38H,14-23H2,1-13H3/t26-,27?,28-,29-,30-,33+,36-,37-,38+/m0/s1. The van der Waals surface area contributed by atoms with Gasteiger partial charge in [-0.1, -0.05) is 68.7 Å². The molecule has 0 saturated carbocycles. The van der Waals surface area contributed by atoms with E-state index in [9.17, 15) is 28.8 Å². The average Bonchev–Trinajstić information content (AvgIpc) is 3.69. The van der Waals surface area contributed by atoms with E-state index in [0.29, 0.717) is 19.4 Å². The summed E-state index contributed by atoms with van der Waals surface area (Å²) in [5, 5.41) is 0. The summed E-state index contributed by atoms with van der Waals surface area (Å²) in [5.74, 6) is -1.92. The van der Waals surface area contributed by atoms with Crippen LogP contribution in [0.2, 0.25) is 0 Å². The molecule has 2 fully saturated rings. The van der Waals surface area contributed by atoms with Gasteiger partial charge in [-0.05, 0) is 50.5 Å². The van der Waals surface area contributed by atoms with E-state index in [1.54, 1.807) is 33.1 Å². The fourth-order valence-electron chi connectivity index (χ4n) is 8.54. The summed E-state index contributed by atoms with van der Waals surface area (Å²) in [4.78, 5) is 86.5. The van der Waals surface area contributed by atoms with Crippen LogP contribution in [0.1, 0.15) is 107 Å². The lowest BCUT2D eigenvalue weighted by Crippen LogP contribution is -2.54. The zero-order valence-corrected chi connectivity index (χ0v) is 35.1. The first-order valence-electron chi connectivity index (χ1n) is 19.9. The third kappa shape index (κ3) is 11.7. The predicted molar refractivity (Wildman–Crippen MR) is 207 cm³/mol. The fraction of sp³-hybridized carbons (Fsp3) is 0.850. The number of rotatable bonds is 23. The van der Waals surface area contributed by atoms with Crippen LogP contribution in [0.5, 0.6) is 0 Å². The van der Waals surface area contributed by atoms with Gasteiger partial charge in [0.05, 0.1) is 36.8 Å². The average molecular weight is 746 g/mol. The largest absolute Gasteiger partial charge is 0.379 e. The molecule has 0 bridgehead atoms. The number of Topliss-reactive ketones (excluding diaryl/α,β-unsaturated/α-hetero) is 2. The Bertz CT molecular complexity index is 1260. The van der Waals surface area contributed by atoms with Crippen molar-refractivity contribution in [3.63, 3.8) is 0 Å². The lowest BCUT2D eigenvalue weighted by molar-refractivity contribution is -0.149. The van der Waals surface area contributed by atoms with Gasteiger partial charge in [0, 0.05) is 64.8 Å². The van der Waals surface area contributed by atoms with Gasteiger partial charge in [-0.2, -0.15) is 0 Å². The molecule has 9 atom stereocenters. The lowest BCUT2D eigenvalue weighted by atomic mass is 9.76. The highest BCUT2D eigenvalue weighted by atomic mass is 16.5. The van der Waals surface area contributed by atoms with E-state index in [-0.39, 0.29) is 96.5 Å². The molecule has 2 aliphatic heterocycles. The third-order valence-corrected chi connectivity index (χ3v) is 11.9. The van der Waals surface area contributed by atoms with Gasteiger partial charge < -0.3 is 24.2 Å². The number of imide groups is 1. The van der Waals surface area contributed by atoms with Gasteiger partial charge in [0.25, 0.3) is 0 Å². The first kappa shape index (κ1) is 46.5. The highest BCUT2D eigenvalue weighted by Gasteiger charge is 2.43. The molecule has 2 saturated heterocycles. The summed E-state index contributed by atoms with van der Waals surface area (Å²) in [6.07, 6.45) is 2.69. The van der Waals surface area contributed by atoms with Crippen molar-refractivity contribution < 1.29 is 38.2 Å². The maximum absolute atomic E-state index is 14.4. The molecule has 53 heavy (non-hydrogen) atoms. The van der Waals surface area contributed by atoms with Gasteiger partial charge in [0.15, 0.2) is 13.1 Å². The molecule has 2 aliphatic rings. The second kappa shape index (κ2) is 21.5. The minimum absolute atomic E-state index is 0.00375. The number of carbonyl (C=O) groups is 6. The SMILES string of the molecule is CCC(=O)[C@H](C)[C@@H](OC)[C@@H]1CCCN1C(=O)C[C@@H](OC)[C@H]([C@@H](C)CC)N(C)C(=O)[C@@H](CC(=O)[C@H](C(C)C)N(C)C[B]CN1C(=O)CC(C)C1=O)C(C)C. The Hall–Kier alpha value is -2.64. The quantitative estimate of drug-likeness (QED) is 0.112. The Morgan fingerprint density at radius 1 is 0.925 bits per heavy atom.